The van der Waals surface area contributed by atoms with Crippen molar-refractivity contribution in [2.75, 3.05) is 20.3 Å². The lowest BCUT2D eigenvalue weighted by atomic mass is 10.0. The average Bonchev–Trinajstić information content (AvgIpc) is 2.29. The fourth-order valence-corrected chi connectivity index (χ4v) is 1.06. The summed E-state index contributed by atoms with van der Waals surface area (Å²) < 4.78 is 9.25. The van der Waals surface area contributed by atoms with Crippen molar-refractivity contribution in [1.29, 1.82) is 0 Å². The Kier molecular flexibility index (Phi) is 7.49. The van der Waals surface area contributed by atoms with Crippen molar-refractivity contribution in [3.63, 3.8) is 0 Å². The molecule has 0 aliphatic rings. The fourth-order valence-electron chi connectivity index (χ4n) is 1.06. The quantitative estimate of drug-likeness (QED) is 0.451. The molecule has 0 saturated carbocycles. The first-order chi connectivity index (χ1) is 7.58. The maximum Gasteiger partial charge on any atom is 0.323 e. The molecular formula is C10H19NO5. The van der Waals surface area contributed by atoms with Gasteiger partial charge < -0.3 is 20.3 Å². The molecule has 0 heterocycles. The van der Waals surface area contributed by atoms with E-state index >= 15 is 0 Å². The van der Waals surface area contributed by atoms with Gasteiger partial charge in [0.05, 0.1) is 20.3 Å². The second kappa shape index (κ2) is 8.06. The minimum Gasteiger partial charge on any atom is -0.468 e. The molecule has 0 saturated heterocycles. The number of rotatable bonds is 7. The molecule has 0 fully saturated rings. The van der Waals surface area contributed by atoms with Gasteiger partial charge in [0.1, 0.15) is 12.0 Å². The molecular weight excluding hydrogens is 214 g/mol. The molecule has 3 N–H and O–H groups in total. The summed E-state index contributed by atoms with van der Waals surface area (Å²) in [6, 6.07) is -1.19. The van der Waals surface area contributed by atoms with E-state index in [0.717, 1.165) is 12.8 Å². The molecule has 2 atom stereocenters. The van der Waals surface area contributed by atoms with Crippen LogP contribution in [0.4, 0.5) is 0 Å². The number of aliphatic hydroxyl groups excluding tert-OH is 1. The lowest BCUT2D eigenvalue weighted by molar-refractivity contribution is -0.157. The van der Waals surface area contributed by atoms with Crippen molar-refractivity contribution in [2.24, 2.45) is 11.7 Å². The molecule has 16 heavy (non-hydrogen) atoms. The van der Waals surface area contributed by atoms with E-state index in [1.807, 2.05) is 6.92 Å². The SMILES string of the molecule is CCCCOC(=O)C(CO)[C@H](N)C(=O)OC. The highest BCUT2D eigenvalue weighted by Crippen LogP contribution is 2.06. The highest BCUT2D eigenvalue weighted by molar-refractivity contribution is 5.84. The molecule has 0 rings (SSSR count). The third kappa shape index (κ3) is 4.59. The van der Waals surface area contributed by atoms with E-state index in [4.69, 9.17) is 15.6 Å². The van der Waals surface area contributed by atoms with Gasteiger partial charge in [0.2, 0.25) is 0 Å². The van der Waals surface area contributed by atoms with Crippen molar-refractivity contribution in [1.82, 2.24) is 0 Å². The lowest BCUT2D eigenvalue weighted by Crippen LogP contribution is -2.45. The van der Waals surface area contributed by atoms with Crippen molar-refractivity contribution in [3.05, 3.63) is 0 Å². The van der Waals surface area contributed by atoms with E-state index in [2.05, 4.69) is 4.74 Å². The van der Waals surface area contributed by atoms with Gasteiger partial charge in [0.25, 0.3) is 0 Å². The number of carbonyl (C=O) groups is 2. The van der Waals surface area contributed by atoms with Crippen molar-refractivity contribution < 1.29 is 24.2 Å². The van der Waals surface area contributed by atoms with Crippen molar-refractivity contribution in [2.45, 2.75) is 25.8 Å². The number of nitrogens with two attached hydrogens (primary N) is 1. The fraction of sp³-hybridized carbons (Fsp3) is 0.800. The van der Waals surface area contributed by atoms with Gasteiger partial charge in [-0.25, -0.2) is 0 Å². The molecule has 0 bridgehead atoms. The zero-order valence-electron chi connectivity index (χ0n) is 9.64. The zero-order chi connectivity index (χ0) is 12.6. The standard InChI is InChI=1S/C10H19NO5/c1-3-4-5-16-9(13)7(6-12)8(11)10(14)15-2/h7-8,12H,3-6,11H2,1-2H3/t7?,8-/m0/s1. The van der Waals surface area contributed by atoms with Gasteiger partial charge in [0.15, 0.2) is 0 Å². The Morgan fingerprint density at radius 1 is 1.38 bits per heavy atom. The summed E-state index contributed by atoms with van der Waals surface area (Å²) >= 11 is 0. The molecule has 0 radical (unpaired) electrons. The Labute approximate surface area is 94.7 Å². The topological polar surface area (TPSA) is 98.9 Å². The Hall–Kier alpha value is -1.14. The van der Waals surface area contributed by atoms with Crippen LogP contribution in [0.5, 0.6) is 0 Å². The van der Waals surface area contributed by atoms with Crippen LogP contribution in [-0.2, 0) is 19.1 Å². The zero-order valence-corrected chi connectivity index (χ0v) is 9.64. The number of carbonyl (C=O) groups excluding carboxylic acids is 2. The minimum atomic E-state index is -1.19. The van der Waals surface area contributed by atoms with E-state index in [9.17, 15) is 9.59 Å². The Morgan fingerprint density at radius 3 is 2.44 bits per heavy atom. The van der Waals surface area contributed by atoms with Gasteiger partial charge in [-0.2, -0.15) is 0 Å². The molecule has 6 heteroatoms. The predicted octanol–water partition coefficient (Wildman–Crippen LogP) is -0.561. The van der Waals surface area contributed by atoms with Gasteiger partial charge in [-0.05, 0) is 6.42 Å². The number of aliphatic hydroxyl groups is 1. The second-order valence-electron chi connectivity index (χ2n) is 3.36. The average molecular weight is 233 g/mol. The molecule has 0 aromatic carbocycles. The summed E-state index contributed by atoms with van der Waals surface area (Å²) in [5.74, 6) is -2.48. The van der Waals surface area contributed by atoms with Crippen LogP contribution in [-0.4, -0.2) is 43.4 Å². The first-order valence-corrected chi connectivity index (χ1v) is 5.19. The van der Waals surface area contributed by atoms with E-state index in [0.29, 0.717) is 0 Å². The van der Waals surface area contributed by atoms with Crippen LogP contribution in [0, 0.1) is 5.92 Å². The van der Waals surface area contributed by atoms with Gasteiger partial charge in [-0.3, -0.25) is 9.59 Å². The van der Waals surface area contributed by atoms with Crippen LogP contribution in [0.15, 0.2) is 0 Å². The van der Waals surface area contributed by atoms with Crippen molar-refractivity contribution in [3.8, 4) is 0 Å². The van der Waals surface area contributed by atoms with E-state index in [1.165, 1.54) is 7.11 Å². The summed E-state index contributed by atoms with van der Waals surface area (Å²) in [5, 5.41) is 8.98. The van der Waals surface area contributed by atoms with E-state index < -0.39 is 30.5 Å². The third-order valence-corrected chi connectivity index (χ3v) is 2.15. The Bertz CT molecular complexity index is 231. The molecule has 0 aromatic heterocycles. The number of unbranched alkanes of at least 4 members (excludes halogenated alkanes) is 1. The molecule has 94 valence electrons. The minimum absolute atomic E-state index is 0.264. The van der Waals surface area contributed by atoms with Crippen LogP contribution >= 0.6 is 0 Å². The number of methoxy groups -OCH3 is 1. The number of esters is 2. The van der Waals surface area contributed by atoms with E-state index in [1.54, 1.807) is 0 Å². The second-order valence-corrected chi connectivity index (χ2v) is 3.36. The highest BCUT2D eigenvalue weighted by atomic mass is 16.5. The van der Waals surface area contributed by atoms with Crippen LogP contribution in [0.25, 0.3) is 0 Å². The van der Waals surface area contributed by atoms with Gasteiger partial charge >= 0.3 is 11.9 Å². The highest BCUT2D eigenvalue weighted by Gasteiger charge is 2.32. The summed E-state index contributed by atoms with van der Waals surface area (Å²) in [4.78, 5) is 22.5. The van der Waals surface area contributed by atoms with Gasteiger partial charge in [0, 0.05) is 0 Å². The van der Waals surface area contributed by atoms with Gasteiger partial charge in [-0.15, -0.1) is 0 Å². The monoisotopic (exact) mass is 233 g/mol. The number of hydrogen-bond acceptors (Lipinski definition) is 6. The lowest BCUT2D eigenvalue weighted by Gasteiger charge is -2.18. The van der Waals surface area contributed by atoms with Crippen LogP contribution in [0.3, 0.4) is 0 Å². The summed E-state index contributed by atoms with van der Waals surface area (Å²) in [5.41, 5.74) is 5.45. The predicted molar refractivity (Wildman–Crippen MR) is 56.4 cm³/mol. The third-order valence-electron chi connectivity index (χ3n) is 2.15. The molecule has 1 unspecified atom stereocenters. The first kappa shape index (κ1) is 14.9. The smallest absolute Gasteiger partial charge is 0.323 e. The maximum atomic E-state index is 11.4. The van der Waals surface area contributed by atoms with Crippen LogP contribution < -0.4 is 5.73 Å². The summed E-state index contributed by atoms with van der Waals surface area (Å²) in [6.07, 6.45) is 1.62. The molecule has 0 aliphatic carbocycles. The summed E-state index contributed by atoms with van der Waals surface area (Å²) in [7, 11) is 1.17. The first-order valence-electron chi connectivity index (χ1n) is 5.19. The normalized spacial score (nSPS) is 14.0. The maximum absolute atomic E-state index is 11.4. The van der Waals surface area contributed by atoms with Crippen LogP contribution in [0.2, 0.25) is 0 Å². The summed E-state index contributed by atoms with van der Waals surface area (Å²) in [6.45, 7) is 1.68. The molecule has 6 nitrogen and oxygen atoms in total. The molecule has 0 spiro atoms. The molecule has 0 aliphatic heterocycles. The number of hydrogen-bond donors (Lipinski definition) is 2. The molecule has 0 aromatic rings. The van der Waals surface area contributed by atoms with E-state index in [-0.39, 0.29) is 6.61 Å². The van der Waals surface area contributed by atoms with Crippen LogP contribution in [0.1, 0.15) is 19.8 Å². The Balaban J connectivity index is 4.25. The van der Waals surface area contributed by atoms with Crippen molar-refractivity contribution >= 4 is 11.9 Å². The molecule has 0 amide bonds. The van der Waals surface area contributed by atoms with Gasteiger partial charge in [-0.1, -0.05) is 13.3 Å². The largest absolute Gasteiger partial charge is 0.468 e. The Morgan fingerprint density at radius 2 is 2.00 bits per heavy atom. The number of ether oxygens (including phenoxy) is 2.